The van der Waals surface area contributed by atoms with E-state index in [0.717, 1.165) is 0 Å². The summed E-state index contributed by atoms with van der Waals surface area (Å²) in [7, 11) is 0. The second-order valence-corrected chi connectivity index (χ2v) is 2.31. The first kappa shape index (κ1) is 43.3. The molecule has 15 heavy (non-hydrogen) atoms. The monoisotopic (exact) mass is 496 g/mol. The van der Waals surface area contributed by atoms with Crippen LogP contribution >= 0.6 is 0 Å². The van der Waals surface area contributed by atoms with Crippen molar-refractivity contribution in [2.45, 2.75) is 55.4 Å². The Kier molecular flexibility index (Phi) is 275. The molecule has 0 aliphatic heterocycles. The van der Waals surface area contributed by atoms with E-state index in [9.17, 15) is 0 Å². The zero-order valence-electron chi connectivity index (χ0n) is 11.7. The van der Waals surface area contributed by atoms with E-state index >= 15 is 0 Å². The Hall–Kier alpha value is 2.38. The van der Waals surface area contributed by atoms with Gasteiger partial charge in [0.05, 0.1) is 0 Å². The van der Waals surface area contributed by atoms with Gasteiger partial charge in [-0.1, -0.05) is 0 Å². The first-order valence-electron chi connectivity index (χ1n) is 4.62. The maximum Gasteiger partial charge on any atom is 2.00 e. The Morgan fingerprint density at radius 2 is 0.467 bits per heavy atom. The SMILES string of the molecule is C[CH-]C.C[CH-]C.C[CH-]C.C[CH-]C.[V+2].[W+2].[Y]. The minimum Gasteiger partial charge on any atom is -0.335 e. The summed E-state index contributed by atoms with van der Waals surface area (Å²) in [5.41, 5.74) is 0. The molecule has 0 aliphatic rings. The first-order valence-corrected chi connectivity index (χ1v) is 4.62. The molecule has 0 bridgehead atoms. The van der Waals surface area contributed by atoms with Crippen LogP contribution in [-0.4, -0.2) is 0 Å². The molecule has 0 fully saturated rings. The topological polar surface area (TPSA) is 0 Å². The molecule has 0 heterocycles. The summed E-state index contributed by atoms with van der Waals surface area (Å²) in [6, 6.07) is 0. The smallest absolute Gasteiger partial charge is 0.335 e. The normalized spacial score (nSPS) is 4.80. The number of rotatable bonds is 0. The van der Waals surface area contributed by atoms with Crippen LogP contribution in [0.1, 0.15) is 55.4 Å². The summed E-state index contributed by atoms with van der Waals surface area (Å²) in [6.07, 6.45) is 8.00. The summed E-state index contributed by atoms with van der Waals surface area (Å²) in [4.78, 5) is 0. The molecule has 0 aromatic rings. The van der Waals surface area contributed by atoms with Crippen LogP contribution in [0.15, 0.2) is 0 Å². The summed E-state index contributed by atoms with van der Waals surface area (Å²) in [5.74, 6) is 0. The average molecular weight is 496 g/mol. The van der Waals surface area contributed by atoms with E-state index in [1.165, 1.54) is 0 Å². The van der Waals surface area contributed by atoms with Crippen molar-refractivity contribution in [3.63, 3.8) is 0 Å². The third-order valence-electron chi connectivity index (χ3n) is 0. The van der Waals surface area contributed by atoms with Crippen LogP contribution in [0.2, 0.25) is 0 Å². The van der Waals surface area contributed by atoms with Gasteiger partial charge in [-0.15, -0.1) is 0 Å². The zero-order valence-corrected chi connectivity index (χ0v) is 18.9. The van der Waals surface area contributed by atoms with Gasteiger partial charge in [0, 0.05) is 32.7 Å². The fourth-order valence-corrected chi connectivity index (χ4v) is 0. The van der Waals surface area contributed by atoms with E-state index in [-0.39, 0.29) is 72.3 Å². The fourth-order valence-electron chi connectivity index (χ4n) is 0. The van der Waals surface area contributed by atoms with Crippen LogP contribution in [0.25, 0.3) is 0 Å². The third-order valence-corrected chi connectivity index (χ3v) is 0. The van der Waals surface area contributed by atoms with Gasteiger partial charge in [0.15, 0.2) is 0 Å². The molecule has 2 radical (unpaired) electrons. The molecule has 0 aromatic heterocycles. The molecule has 0 N–H and O–H groups in total. The molecule has 3 heteroatoms. The maximum atomic E-state index is 2.00. The molecule has 0 rings (SSSR count). The van der Waals surface area contributed by atoms with Crippen LogP contribution < -0.4 is 0 Å². The van der Waals surface area contributed by atoms with Crippen LogP contribution in [0.5, 0.6) is 0 Å². The second kappa shape index (κ2) is 95.2. The van der Waals surface area contributed by atoms with Crippen molar-refractivity contribution in [2.24, 2.45) is 0 Å². The van der Waals surface area contributed by atoms with Crippen molar-refractivity contribution in [1.29, 1.82) is 0 Å². The third kappa shape index (κ3) is 599. The van der Waals surface area contributed by atoms with E-state index in [4.69, 9.17) is 0 Å². The van der Waals surface area contributed by atoms with Gasteiger partial charge in [-0.25, -0.2) is 0 Å². The molecule has 0 spiro atoms. The van der Waals surface area contributed by atoms with Crippen molar-refractivity contribution in [1.82, 2.24) is 0 Å². The summed E-state index contributed by atoms with van der Waals surface area (Å²) in [5, 5.41) is 0. The van der Waals surface area contributed by atoms with Gasteiger partial charge in [-0.05, 0) is 0 Å². The van der Waals surface area contributed by atoms with Crippen molar-refractivity contribution in [3.05, 3.63) is 25.7 Å². The Labute approximate surface area is 152 Å². The molecule has 0 aromatic carbocycles. The summed E-state index contributed by atoms with van der Waals surface area (Å²) < 4.78 is 0. The number of hydrogen-bond acceptors (Lipinski definition) is 0. The predicted molar refractivity (Wildman–Crippen MR) is 62.6 cm³/mol. The molecule has 0 nitrogen and oxygen atoms in total. The van der Waals surface area contributed by atoms with Gasteiger partial charge in [0.25, 0.3) is 0 Å². The molecule has 90 valence electrons. The van der Waals surface area contributed by atoms with Crippen LogP contribution in [0.3, 0.4) is 0 Å². The molecule has 0 amide bonds. The first-order chi connectivity index (χ1) is 5.66. The van der Waals surface area contributed by atoms with Gasteiger partial charge < -0.3 is 25.7 Å². The van der Waals surface area contributed by atoms with Gasteiger partial charge >= 0.3 is 39.6 Å². The van der Waals surface area contributed by atoms with Crippen LogP contribution in [-0.2, 0) is 72.3 Å². The van der Waals surface area contributed by atoms with E-state index < -0.39 is 0 Å². The predicted octanol–water partition coefficient (Wildman–Crippen LogP) is 4.91. The fraction of sp³-hybridized carbons (Fsp3) is 0.667. The molecular weight excluding hydrogens is 468 g/mol. The summed E-state index contributed by atoms with van der Waals surface area (Å²) >= 11 is 0. The van der Waals surface area contributed by atoms with Gasteiger partial charge in [-0.2, -0.15) is 55.4 Å². The average Bonchev–Trinajstić information content (AvgIpc) is 1.92. The van der Waals surface area contributed by atoms with Crippen molar-refractivity contribution < 1.29 is 72.3 Å². The molecule has 0 atom stereocenters. The van der Waals surface area contributed by atoms with E-state index in [1.807, 2.05) is 81.1 Å². The quantitative estimate of drug-likeness (QED) is 0.419. The minimum atomic E-state index is 0. The van der Waals surface area contributed by atoms with Gasteiger partial charge in [0.2, 0.25) is 0 Å². The Bertz CT molecular complexity index is 23.6. The Morgan fingerprint density at radius 3 is 0.467 bits per heavy atom. The van der Waals surface area contributed by atoms with Crippen molar-refractivity contribution >= 4 is 0 Å². The van der Waals surface area contributed by atoms with Crippen LogP contribution in [0.4, 0.5) is 0 Å². The van der Waals surface area contributed by atoms with Crippen molar-refractivity contribution in [2.75, 3.05) is 0 Å². The minimum absolute atomic E-state index is 0. The molecule has 0 unspecified atom stereocenters. The van der Waals surface area contributed by atoms with Crippen molar-refractivity contribution in [3.8, 4) is 0 Å². The largest absolute Gasteiger partial charge is 2.00 e. The Morgan fingerprint density at radius 1 is 0.467 bits per heavy atom. The second-order valence-electron chi connectivity index (χ2n) is 2.31. The zero-order chi connectivity index (χ0) is 10.8. The molecule has 0 aliphatic carbocycles. The van der Waals surface area contributed by atoms with E-state index in [2.05, 4.69) is 0 Å². The standard InChI is InChI=1S/4C3H7.V.W.Y/c4*1-3-2;;;/h4*3H,1-2H3;;;/q4*-1;2*+2;. The molecule has 0 saturated carbocycles. The van der Waals surface area contributed by atoms with E-state index in [1.54, 1.807) is 0 Å². The van der Waals surface area contributed by atoms with Gasteiger partial charge in [0.1, 0.15) is 0 Å². The molecular formula is C12H28VWY. The van der Waals surface area contributed by atoms with Crippen LogP contribution in [0, 0.1) is 25.7 Å². The molecule has 0 saturated heterocycles. The van der Waals surface area contributed by atoms with Gasteiger partial charge in [-0.3, -0.25) is 0 Å². The van der Waals surface area contributed by atoms with E-state index in [0.29, 0.717) is 0 Å². The maximum absolute atomic E-state index is 2.00. The summed E-state index contributed by atoms with van der Waals surface area (Å²) in [6.45, 7) is 16.0. The Balaban J connectivity index is -0.0000000107. The number of hydrogen-bond donors (Lipinski definition) is 0.